The summed E-state index contributed by atoms with van der Waals surface area (Å²) in [5.41, 5.74) is 4.83. The molecule has 33 heavy (non-hydrogen) atoms. The van der Waals surface area contributed by atoms with Gasteiger partial charge in [-0.3, -0.25) is 9.59 Å². The molecule has 0 spiro atoms. The molecule has 1 atom stereocenters. The first-order valence-electron chi connectivity index (χ1n) is 11.1. The fraction of sp³-hybridized carbons (Fsp3) is 0.185. The van der Waals surface area contributed by atoms with Crippen molar-refractivity contribution in [2.75, 3.05) is 5.32 Å². The quantitative estimate of drug-likeness (QED) is 0.353. The van der Waals surface area contributed by atoms with Crippen molar-refractivity contribution in [1.29, 1.82) is 0 Å². The molecule has 0 bridgehead atoms. The van der Waals surface area contributed by atoms with Gasteiger partial charge < -0.3 is 15.6 Å². The second-order valence-electron chi connectivity index (χ2n) is 8.55. The fourth-order valence-corrected chi connectivity index (χ4v) is 3.96. The molecule has 2 amide bonds. The lowest BCUT2D eigenvalue weighted by Gasteiger charge is -2.14. The van der Waals surface area contributed by atoms with Gasteiger partial charge >= 0.3 is 0 Å². The van der Waals surface area contributed by atoms with Gasteiger partial charge in [0.2, 0.25) is 5.91 Å². The number of aromatic nitrogens is 1. The van der Waals surface area contributed by atoms with E-state index in [1.165, 1.54) is 12.1 Å². The Labute approximate surface area is 191 Å². The van der Waals surface area contributed by atoms with Crippen LogP contribution in [0.5, 0.6) is 0 Å². The highest BCUT2D eigenvalue weighted by atomic mass is 19.1. The maximum absolute atomic E-state index is 13.5. The smallest absolute Gasteiger partial charge is 0.253 e. The molecule has 1 heterocycles. The van der Waals surface area contributed by atoms with Crippen LogP contribution in [0.15, 0.2) is 72.9 Å². The second-order valence-corrected chi connectivity index (χ2v) is 8.55. The molecule has 166 valence electrons. The van der Waals surface area contributed by atoms with Gasteiger partial charge in [0.25, 0.3) is 5.91 Å². The number of anilines is 1. The molecule has 1 saturated carbocycles. The fourth-order valence-electron chi connectivity index (χ4n) is 3.96. The molecule has 5 nitrogen and oxygen atoms in total. The molecule has 5 rings (SSSR count). The van der Waals surface area contributed by atoms with Gasteiger partial charge in [-0.1, -0.05) is 30.3 Å². The lowest BCUT2D eigenvalue weighted by atomic mass is 10.0. The Bertz CT molecular complexity index is 1340. The average Bonchev–Trinajstić information content (AvgIpc) is 3.58. The topological polar surface area (TPSA) is 74.0 Å². The third-order valence-corrected chi connectivity index (χ3v) is 6.06. The van der Waals surface area contributed by atoms with Crippen molar-refractivity contribution < 1.29 is 14.0 Å². The first-order valence-corrected chi connectivity index (χ1v) is 11.1. The molecule has 1 aliphatic carbocycles. The maximum Gasteiger partial charge on any atom is 0.253 e. The van der Waals surface area contributed by atoms with E-state index in [-0.39, 0.29) is 29.6 Å². The van der Waals surface area contributed by atoms with Crippen molar-refractivity contribution in [1.82, 2.24) is 10.3 Å². The molecule has 0 radical (unpaired) electrons. The average molecular weight is 442 g/mol. The number of aromatic amines is 1. The van der Waals surface area contributed by atoms with Gasteiger partial charge in [-0.15, -0.1) is 0 Å². The summed E-state index contributed by atoms with van der Waals surface area (Å²) in [5.74, 6) is -0.315. The van der Waals surface area contributed by atoms with Crippen molar-refractivity contribution in [3.8, 4) is 11.1 Å². The van der Waals surface area contributed by atoms with Crippen molar-refractivity contribution in [2.45, 2.75) is 25.8 Å². The van der Waals surface area contributed by atoms with Gasteiger partial charge in [0, 0.05) is 28.7 Å². The predicted molar refractivity (Wildman–Crippen MR) is 127 cm³/mol. The van der Waals surface area contributed by atoms with E-state index in [1.807, 2.05) is 49.4 Å². The van der Waals surface area contributed by atoms with Crippen LogP contribution in [0.25, 0.3) is 22.0 Å². The number of H-pyrrole nitrogens is 1. The van der Waals surface area contributed by atoms with Crippen LogP contribution in [0.1, 0.15) is 41.7 Å². The van der Waals surface area contributed by atoms with E-state index in [4.69, 9.17) is 0 Å². The van der Waals surface area contributed by atoms with Crippen LogP contribution >= 0.6 is 0 Å². The Morgan fingerprint density at radius 2 is 1.76 bits per heavy atom. The molecule has 6 heteroatoms. The minimum Gasteiger partial charge on any atom is -0.360 e. The van der Waals surface area contributed by atoms with Gasteiger partial charge in [0.05, 0.1) is 11.6 Å². The molecule has 0 aliphatic heterocycles. The monoisotopic (exact) mass is 441 g/mol. The number of halogens is 1. The zero-order chi connectivity index (χ0) is 22.9. The third kappa shape index (κ3) is 4.51. The van der Waals surface area contributed by atoms with E-state index in [0.29, 0.717) is 11.1 Å². The van der Waals surface area contributed by atoms with Crippen molar-refractivity contribution in [2.24, 2.45) is 5.92 Å². The first-order chi connectivity index (χ1) is 16.0. The Balaban J connectivity index is 1.36. The number of hydrogen-bond acceptors (Lipinski definition) is 2. The third-order valence-electron chi connectivity index (χ3n) is 6.06. The molecule has 1 aromatic heterocycles. The highest BCUT2D eigenvalue weighted by Gasteiger charge is 2.29. The summed E-state index contributed by atoms with van der Waals surface area (Å²) in [5, 5.41) is 6.71. The van der Waals surface area contributed by atoms with Gasteiger partial charge in [0.15, 0.2) is 0 Å². The molecular formula is C27H24FN3O2. The number of carbonyl (C=O) groups excluding carboxylic acids is 2. The standard InChI is InChI=1S/C27H24FN3O2/c1-16(19-3-2-4-21(28)13-19)30-27(33)24-15-29-25-12-9-20(14-23(24)25)17-7-10-22(11-8-17)31-26(32)18-5-6-18/h2-4,7-16,18,29H,5-6H2,1H3,(H,30,33)(H,31,32)/t16-/m0/s1. The summed E-state index contributed by atoms with van der Waals surface area (Å²) < 4.78 is 13.5. The summed E-state index contributed by atoms with van der Waals surface area (Å²) in [4.78, 5) is 28.1. The molecule has 3 aromatic carbocycles. The van der Waals surface area contributed by atoms with E-state index >= 15 is 0 Å². The SMILES string of the molecule is C[C@H](NC(=O)c1c[nH]c2ccc(-c3ccc(NC(=O)C4CC4)cc3)cc12)c1cccc(F)c1. The van der Waals surface area contributed by atoms with Crippen molar-refractivity contribution in [3.05, 3.63) is 89.9 Å². The van der Waals surface area contributed by atoms with Crippen LogP contribution in [-0.2, 0) is 4.79 Å². The minimum absolute atomic E-state index is 0.0830. The van der Waals surface area contributed by atoms with Crippen LogP contribution < -0.4 is 10.6 Å². The van der Waals surface area contributed by atoms with E-state index in [9.17, 15) is 14.0 Å². The predicted octanol–water partition coefficient (Wildman–Crippen LogP) is 5.81. The zero-order valence-corrected chi connectivity index (χ0v) is 18.2. The number of nitrogens with one attached hydrogen (secondary N) is 3. The second kappa shape index (κ2) is 8.54. The summed E-state index contributed by atoms with van der Waals surface area (Å²) in [6.07, 6.45) is 3.63. The van der Waals surface area contributed by atoms with Gasteiger partial charge in [-0.2, -0.15) is 0 Å². The largest absolute Gasteiger partial charge is 0.360 e. The summed E-state index contributed by atoms with van der Waals surface area (Å²) in [6.45, 7) is 1.83. The highest BCUT2D eigenvalue weighted by molar-refractivity contribution is 6.07. The van der Waals surface area contributed by atoms with Gasteiger partial charge in [-0.05, 0) is 72.9 Å². The molecule has 0 saturated heterocycles. The lowest BCUT2D eigenvalue weighted by molar-refractivity contribution is -0.117. The molecule has 4 aromatic rings. The molecule has 1 aliphatic rings. The van der Waals surface area contributed by atoms with Crippen LogP contribution in [0.4, 0.5) is 10.1 Å². The van der Waals surface area contributed by atoms with E-state index in [1.54, 1.807) is 18.3 Å². The number of carbonyl (C=O) groups is 2. The van der Waals surface area contributed by atoms with E-state index < -0.39 is 0 Å². The maximum atomic E-state index is 13.5. The molecule has 3 N–H and O–H groups in total. The Morgan fingerprint density at radius 3 is 2.48 bits per heavy atom. The molecular weight excluding hydrogens is 417 g/mol. The Morgan fingerprint density at radius 1 is 1.00 bits per heavy atom. The van der Waals surface area contributed by atoms with Crippen LogP contribution in [0, 0.1) is 11.7 Å². The summed E-state index contributed by atoms with van der Waals surface area (Å²) >= 11 is 0. The number of hydrogen-bond donors (Lipinski definition) is 3. The lowest BCUT2D eigenvalue weighted by Crippen LogP contribution is -2.26. The number of amides is 2. The normalized spacial score (nSPS) is 14.1. The summed E-state index contributed by atoms with van der Waals surface area (Å²) in [7, 11) is 0. The van der Waals surface area contributed by atoms with Crippen LogP contribution in [-0.4, -0.2) is 16.8 Å². The van der Waals surface area contributed by atoms with Crippen LogP contribution in [0.3, 0.4) is 0 Å². The van der Waals surface area contributed by atoms with Crippen molar-refractivity contribution >= 4 is 28.4 Å². The number of benzene rings is 3. The van der Waals surface area contributed by atoms with Crippen LogP contribution in [0.2, 0.25) is 0 Å². The van der Waals surface area contributed by atoms with E-state index in [2.05, 4.69) is 15.6 Å². The van der Waals surface area contributed by atoms with Gasteiger partial charge in [-0.25, -0.2) is 4.39 Å². The van der Waals surface area contributed by atoms with Gasteiger partial charge in [0.1, 0.15) is 5.82 Å². The molecule has 0 unspecified atom stereocenters. The molecule has 1 fully saturated rings. The first kappa shape index (κ1) is 20.9. The summed E-state index contributed by atoms with van der Waals surface area (Å²) in [6, 6.07) is 19.5. The minimum atomic E-state index is -0.334. The van der Waals surface area contributed by atoms with Crippen molar-refractivity contribution in [3.63, 3.8) is 0 Å². The number of rotatable bonds is 6. The Kier molecular flexibility index (Phi) is 5.42. The Hall–Kier alpha value is -3.93. The zero-order valence-electron chi connectivity index (χ0n) is 18.2. The number of fused-ring (bicyclic) bond motifs is 1. The highest BCUT2D eigenvalue weighted by Crippen LogP contribution is 2.31. The van der Waals surface area contributed by atoms with E-state index in [0.717, 1.165) is 40.6 Å².